The zero-order valence-electron chi connectivity index (χ0n) is 2.27. The highest BCUT2D eigenvalue weighted by molar-refractivity contribution is 8.93. The van der Waals surface area contributed by atoms with Crippen LogP contribution >= 0.6 is 17.0 Å². The van der Waals surface area contributed by atoms with Gasteiger partial charge >= 0.3 is 0 Å². The molecule has 1 radical (unpaired) electrons. The third-order valence-electron chi connectivity index (χ3n) is 0. The van der Waals surface area contributed by atoms with E-state index in [1.54, 1.807) is 0 Å². The molecule has 6 heavy (non-hydrogen) atoms. The van der Waals surface area contributed by atoms with Crippen molar-refractivity contribution in [3.63, 3.8) is 0 Å². The summed E-state index contributed by atoms with van der Waals surface area (Å²) in [6.07, 6.45) is 0. The van der Waals surface area contributed by atoms with Crippen LogP contribution < -0.4 is 23.5 Å². The van der Waals surface area contributed by atoms with Crippen molar-refractivity contribution in [2.75, 3.05) is 0 Å². The first-order valence-electron chi connectivity index (χ1n) is 0. The van der Waals surface area contributed by atoms with E-state index in [2.05, 4.69) is 0 Å². The van der Waals surface area contributed by atoms with E-state index in [-0.39, 0.29) is 40.5 Å². The Kier molecular flexibility index (Phi) is 8240000. The van der Waals surface area contributed by atoms with Gasteiger partial charge in [-0.1, -0.05) is 0 Å². The maximum absolute atomic E-state index is 0. The molecular weight excluding hydrogens is 175 g/mol. The van der Waals surface area contributed by atoms with Crippen LogP contribution in [0.25, 0.3) is 0 Å². The van der Waals surface area contributed by atoms with Crippen LogP contribution in [0, 0.1) is 0 Å². The third-order valence-corrected chi connectivity index (χ3v) is 0. The van der Waals surface area contributed by atoms with Crippen molar-refractivity contribution in [1.29, 1.82) is 0 Å². The molecule has 0 aromatic carbocycles. The lowest BCUT2D eigenvalue weighted by atomic mass is 19.0. The smallest absolute Gasteiger partial charge is 0 e. The fraction of sp³-hybridized carbons (Fsp3) is 0. The molecule has 0 fully saturated rings. The molecule has 0 aliphatic carbocycles. The first-order chi connectivity index (χ1) is 0. The Hall–Kier alpha value is 0.130. The molecule has 0 aliphatic rings. The van der Waals surface area contributed by atoms with Crippen LogP contribution in [0.15, 0.2) is 0 Å². The summed E-state index contributed by atoms with van der Waals surface area (Å²) in [7, 11) is 0. The molecule has 0 heterocycles. The molecule has 6 heteroatoms. The van der Waals surface area contributed by atoms with Gasteiger partial charge in [-0.3, -0.25) is 0 Å². The third kappa shape index (κ3) is 2390. The summed E-state index contributed by atoms with van der Waals surface area (Å²) < 4.78 is 0. The molecule has 0 aliphatic heterocycles. The largest absolute Gasteiger partial charge is 1.00 e. The Labute approximate surface area is 41.5 Å². The standard InChI is InChI=1S/Br.5FH/h;5*1H/p-5. The van der Waals surface area contributed by atoms with Gasteiger partial charge in [0.2, 0.25) is 0 Å². The monoisotopic (exact) mass is 174 g/mol. The molecule has 47 valence electrons. The van der Waals surface area contributed by atoms with Crippen LogP contribution in [0.3, 0.4) is 0 Å². The maximum atomic E-state index is 0. The van der Waals surface area contributed by atoms with Crippen molar-refractivity contribution in [3.8, 4) is 0 Å². The van der Waals surface area contributed by atoms with Crippen LogP contribution in [-0.2, 0) is 0 Å². The van der Waals surface area contributed by atoms with E-state index in [1.165, 1.54) is 0 Å². The van der Waals surface area contributed by atoms with Gasteiger partial charge in [0, 0.05) is 17.0 Å². The summed E-state index contributed by atoms with van der Waals surface area (Å²) in [4.78, 5) is 0. The molecule has 0 bridgehead atoms. The van der Waals surface area contributed by atoms with E-state index >= 15 is 0 Å². The normalized spacial score (nSPS) is 0. The number of rotatable bonds is 0. The first kappa shape index (κ1) is 9550. The minimum atomic E-state index is 0. The van der Waals surface area contributed by atoms with E-state index in [9.17, 15) is 0 Å². The van der Waals surface area contributed by atoms with Crippen LogP contribution in [0.4, 0.5) is 0 Å². The predicted octanol–water partition coefficient (Wildman–Crippen LogP) is -14.1. The molecular formula is BrF5-5. The Bertz CT molecular complexity index is 3.90. The molecule has 0 atom stereocenters. The number of hydrogen-bond donors (Lipinski definition) is 0. The van der Waals surface area contributed by atoms with Gasteiger partial charge in [-0.15, -0.1) is 0 Å². The van der Waals surface area contributed by atoms with Gasteiger partial charge in [-0.2, -0.15) is 0 Å². The second-order valence-electron chi connectivity index (χ2n) is 0. The van der Waals surface area contributed by atoms with Gasteiger partial charge in [0.25, 0.3) is 0 Å². The zero-order valence-corrected chi connectivity index (χ0v) is 3.85. The molecule has 0 N–H and O–H groups in total. The Morgan fingerprint density at radius 2 is 0.333 bits per heavy atom. The average molecular weight is 175 g/mol. The van der Waals surface area contributed by atoms with E-state index < -0.39 is 0 Å². The van der Waals surface area contributed by atoms with E-state index in [0.717, 1.165) is 0 Å². The number of halogens is 6. The van der Waals surface area contributed by atoms with E-state index in [4.69, 9.17) is 0 Å². The van der Waals surface area contributed by atoms with Gasteiger partial charge in [-0.25, -0.2) is 0 Å². The average Bonchev–Trinajstić information content (AvgIpc) is 0. The van der Waals surface area contributed by atoms with Crippen molar-refractivity contribution in [1.82, 2.24) is 0 Å². The molecule has 0 saturated heterocycles. The topological polar surface area (TPSA) is 0 Å². The fourth-order valence-corrected chi connectivity index (χ4v) is 0. The summed E-state index contributed by atoms with van der Waals surface area (Å²) in [5, 5.41) is 0. The Morgan fingerprint density at radius 1 is 0.333 bits per heavy atom. The summed E-state index contributed by atoms with van der Waals surface area (Å²) >= 11 is 0. The summed E-state index contributed by atoms with van der Waals surface area (Å²) in [6.45, 7) is 0. The first-order valence-corrected chi connectivity index (χ1v) is 0. The summed E-state index contributed by atoms with van der Waals surface area (Å²) in [6, 6.07) is 0. The van der Waals surface area contributed by atoms with Gasteiger partial charge in [0.1, 0.15) is 0 Å². The highest BCUT2D eigenvalue weighted by Crippen LogP contribution is 0.846. The molecule has 0 nitrogen and oxygen atoms in total. The van der Waals surface area contributed by atoms with Crippen molar-refractivity contribution in [2.24, 2.45) is 0 Å². The van der Waals surface area contributed by atoms with Gasteiger partial charge in [-0.05, 0) is 0 Å². The van der Waals surface area contributed by atoms with Crippen molar-refractivity contribution in [3.05, 3.63) is 0 Å². The lowest BCUT2D eigenvalue weighted by Crippen LogP contribution is -3.00. The second-order valence-corrected chi connectivity index (χ2v) is 0. The highest BCUT2D eigenvalue weighted by atomic mass is 79.9. The summed E-state index contributed by atoms with van der Waals surface area (Å²) in [5.41, 5.74) is 0. The quantitative estimate of drug-likeness (QED) is 0.320. The minimum absolute atomic E-state index is 0. The lowest BCUT2D eigenvalue weighted by molar-refractivity contribution is -0.00100. The van der Waals surface area contributed by atoms with Crippen LogP contribution in [-0.4, -0.2) is 0 Å². The Morgan fingerprint density at radius 3 is 0.333 bits per heavy atom. The van der Waals surface area contributed by atoms with Gasteiger partial charge < -0.3 is 23.5 Å². The van der Waals surface area contributed by atoms with Gasteiger partial charge in [0.15, 0.2) is 0 Å². The highest BCUT2D eigenvalue weighted by Gasteiger charge is 0.00000502. The molecule has 0 aromatic rings. The minimum Gasteiger partial charge on any atom is -1.00 e. The van der Waals surface area contributed by atoms with Crippen molar-refractivity contribution < 1.29 is 23.5 Å². The van der Waals surface area contributed by atoms with Crippen molar-refractivity contribution in [2.45, 2.75) is 0 Å². The SMILES string of the molecule is [Br].[F-].[F-].[F-].[F-].[F-]. The summed E-state index contributed by atoms with van der Waals surface area (Å²) in [5.74, 6) is 0. The van der Waals surface area contributed by atoms with Crippen molar-refractivity contribution >= 4 is 17.0 Å². The molecule has 0 rings (SSSR count). The molecule has 0 aromatic heterocycles. The number of hydrogen-bond acceptors (Lipinski definition) is 0. The van der Waals surface area contributed by atoms with Gasteiger partial charge in [0.05, 0.1) is 0 Å². The molecule has 0 spiro atoms. The van der Waals surface area contributed by atoms with E-state index in [1.807, 2.05) is 0 Å². The lowest BCUT2D eigenvalue weighted by Gasteiger charge is -1.00. The molecule has 0 unspecified atom stereocenters. The zero-order chi connectivity index (χ0) is 0. The van der Waals surface area contributed by atoms with Crippen LogP contribution in [0.5, 0.6) is 0 Å². The predicted molar refractivity (Wildman–Crippen MR) is 8.93 cm³/mol. The van der Waals surface area contributed by atoms with Crippen LogP contribution in [0.2, 0.25) is 0 Å². The van der Waals surface area contributed by atoms with E-state index in [0.29, 0.717) is 0 Å². The fourth-order valence-electron chi connectivity index (χ4n) is 0. The molecule has 0 amide bonds. The maximum Gasteiger partial charge on any atom is 0 e. The van der Waals surface area contributed by atoms with Crippen LogP contribution in [0.1, 0.15) is 0 Å². The molecule has 0 saturated carbocycles. The Balaban J connectivity index is 0. The second kappa shape index (κ2) is 5180.